The van der Waals surface area contributed by atoms with Gasteiger partial charge in [0, 0.05) is 0 Å². The molecule has 0 radical (unpaired) electrons. The van der Waals surface area contributed by atoms with Crippen molar-refractivity contribution in [1.29, 1.82) is 5.39 Å². The zero-order valence-electron chi connectivity index (χ0n) is 8.64. The Bertz CT molecular complexity index is 464. The number of alkyl halides is 3. The molecule has 0 fully saturated rings. The van der Waals surface area contributed by atoms with Crippen LogP contribution >= 0.6 is 22.6 Å². The lowest BCUT2D eigenvalue weighted by Gasteiger charge is -2.07. The number of ether oxygens (including phenoxy) is 1. The van der Waals surface area contributed by atoms with Gasteiger partial charge in [0.15, 0.2) is 4.98 Å². The zero-order chi connectivity index (χ0) is 15.3. The lowest BCUT2D eigenvalue weighted by Crippen LogP contribution is -2.16. The van der Waals surface area contributed by atoms with E-state index < -0.39 is 19.4 Å². The lowest BCUT2D eigenvalue weighted by molar-refractivity contribution is -0.274. The van der Waals surface area contributed by atoms with Gasteiger partial charge in [-0.15, -0.1) is 13.2 Å². The quantitative estimate of drug-likeness (QED) is 0.288. The van der Waals surface area contributed by atoms with Gasteiger partial charge >= 0.3 is 19.3 Å². The molecule has 0 spiro atoms. The van der Waals surface area contributed by atoms with Crippen LogP contribution < -0.4 is 4.74 Å². The van der Waals surface area contributed by atoms with Crippen molar-refractivity contribution in [1.82, 2.24) is 0 Å². The Morgan fingerprint density at radius 2 is 1.63 bits per heavy atom. The van der Waals surface area contributed by atoms with Gasteiger partial charge in [0.25, 0.3) is 0 Å². The summed E-state index contributed by atoms with van der Waals surface area (Å²) < 4.78 is 78.4. The van der Waals surface area contributed by atoms with Crippen LogP contribution in [0.4, 0.5) is 36.1 Å². The molecule has 1 aromatic carbocycles. The standard InChI is InChI=1S/C7H3F3IN2O.BF4/c8-7(9,10)14-4-1-2-5(11)6(3-4)13-12;2-1(3,4)5/h1-3H;/q+1;-1. The average Bonchev–Trinajstić information content (AvgIpc) is 2.16. The third-order valence-electron chi connectivity index (χ3n) is 1.26. The van der Waals surface area contributed by atoms with Crippen LogP contribution in [0, 0.1) is 8.96 Å². The first-order valence-corrected chi connectivity index (χ1v) is 5.28. The predicted molar refractivity (Wildman–Crippen MR) is 60.8 cm³/mol. The second-order valence-electron chi connectivity index (χ2n) is 2.76. The monoisotopic (exact) mass is 402 g/mol. The van der Waals surface area contributed by atoms with Gasteiger partial charge in [-0.05, 0) is 34.7 Å². The first kappa shape index (κ1) is 17.7. The normalized spacial score (nSPS) is 11.1. The van der Waals surface area contributed by atoms with E-state index in [-0.39, 0.29) is 5.69 Å². The molecular weight excluding hydrogens is 399 g/mol. The zero-order valence-corrected chi connectivity index (χ0v) is 10.8. The second kappa shape index (κ2) is 6.78. The van der Waals surface area contributed by atoms with E-state index in [9.17, 15) is 30.4 Å². The maximum absolute atomic E-state index is 11.8. The van der Waals surface area contributed by atoms with Crippen LogP contribution in [-0.2, 0) is 0 Å². The summed E-state index contributed by atoms with van der Waals surface area (Å²) in [5, 5.41) is 8.42. The summed E-state index contributed by atoms with van der Waals surface area (Å²) in [5.74, 6) is -0.411. The van der Waals surface area contributed by atoms with Crippen molar-refractivity contribution >= 4 is 35.5 Å². The largest absolute Gasteiger partial charge is 0.673 e. The number of hydrogen-bond acceptors (Lipinski definition) is 2. The van der Waals surface area contributed by atoms with Crippen LogP contribution in [0.1, 0.15) is 0 Å². The lowest BCUT2D eigenvalue weighted by atomic mass is 10.3. The summed E-state index contributed by atoms with van der Waals surface area (Å²) in [6.45, 7) is 0. The molecule has 12 heteroatoms. The van der Waals surface area contributed by atoms with E-state index in [0.717, 1.165) is 12.1 Å². The van der Waals surface area contributed by atoms with Gasteiger partial charge in [-0.3, -0.25) is 0 Å². The SMILES string of the molecule is F[B-](F)(F)F.N#[N+]c1cc(OC(F)(F)F)ccc1I. The van der Waals surface area contributed by atoms with E-state index >= 15 is 0 Å². The summed E-state index contributed by atoms with van der Waals surface area (Å²) in [4.78, 5) is 2.81. The molecule has 0 unspecified atom stereocenters. The molecule has 0 saturated heterocycles. The van der Waals surface area contributed by atoms with E-state index in [0.29, 0.717) is 3.57 Å². The Morgan fingerprint density at radius 1 is 1.16 bits per heavy atom. The van der Waals surface area contributed by atoms with E-state index in [1.165, 1.54) is 6.07 Å². The van der Waals surface area contributed by atoms with Crippen LogP contribution in [0.2, 0.25) is 0 Å². The summed E-state index contributed by atoms with van der Waals surface area (Å²) in [6.07, 6.45) is -4.74. The van der Waals surface area contributed by atoms with Crippen molar-refractivity contribution in [3.05, 3.63) is 26.7 Å². The molecule has 0 heterocycles. The van der Waals surface area contributed by atoms with Gasteiger partial charge in [0.05, 0.1) is 6.07 Å². The number of rotatable bonds is 1. The Hall–Kier alpha value is -1.26. The molecule has 0 aliphatic carbocycles. The smallest absolute Gasteiger partial charge is 0.418 e. The highest BCUT2D eigenvalue weighted by atomic mass is 127. The van der Waals surface area contributed by atoms with Gasteiger partial charge in [-0.2, -0.15) is 0 Å². The molecule has 0 aliphatic rings. The molecule has 0 aromatic heterocycles. The molecule has 106 valence electrons. The second-order valence-corrected chi connectivity index (χ2v) is 3.92. The maximum atomic E-state index is 11.8. The first-order chi connectivity index (χ1) is 8.42. The van der Waals surface area contributed by atoms with Crippen molar-refractivity contribution in [3.8, 4) is 5.75 Å². The van der Waals surface area contributed by atoms with Crippen molar-refractivity contribution in [2.75, 3.05) is 0 Å². The maximum Gasteiger partial charge on any atom is 0.673 e. The minimum absolute atomic E-state index is 0.0346. The minimum atomic E-state index is -6.00. The number of diazo groups is 1. The van der Waals surface area contributed by atoms with E-state index in [1.54, 1.807) is 0 Å². The summed E-state index contributed by atoms with van der Waals surface area (Å²) in [7, 11) is -6.00. The van der Waals surface area contributed by atoms with Crippen molar-refractivity contribution < 1.29 is 35.2 Å². The van der Waals surface area contributed by atoms with Gasteiger partial charge in [0.2, 0.25) is 5.39 Å². The van der Waals surface area contributed by atoms with E-state index in [1.807, 2.05) is 22.6 Å². The van der Waals surface area contributed by atoms with Crippen LogP contribution in [0.15, 0.2) is 18.2 Å². The fraction of sp³-hybridized carbons (Fsp3) is 0.143. The van der Waals surface area contributed by atoms with Gasteiger partial charge < -0.3 is 22.0 Å². The highest BCUT2D eigenvalue weighted by molar-refractivity contribution is 14.1. The molecule has 0 bridgehead atoms. The molecule has 1 rings (SSSR count). The van der Waals surface area contributed by atoms with Crippen LogP contribution in [0.25, 0.3) is 4.98 Å². The summed E-state index contributed by atoms with van der Waals surface area (Å²) >= 11 is 1.82. The van der Waals surface area contributed by atoms with Gasteiger partial charge in [-0.1, -0.05) is 0 Å². The molecule has 19 heavy (non-hydrogen) atoms. The van der Waals surface area contributed by atoms with Gasteiger partial charge in [-0.25, -0.2) is 0 Å². The Balaban J connectivity index is 0.000000555. The first-order valence-electron chi connectivity index (χ1n) is 4.20. The predicted octanol–water partition coefficient (Wildman–Crippen LogP) is 4.97. The number of nitrogens with zero attached hydrogens (tertiary/aromatic N) is 2. The molecule has 3 nitrogen and oxygen atoms in total. The molecule has 0 aliphatic heterocycles. The molecular formula is C7H3BF7IN2O. The highest BCUT2D eigenvalue weighted by Crippen LogP contribution is 2.29. The van der Waals surface area contributed by atoms with Crippen LogP contribution in [0.5, 0.6) is 5.75 Å². The van der Waals surface area contributed by atoms with Gasteiger partial charge in [0.1, 0.15) is 9.32 Å². The van der Waals surface area contributed by atoms with Crippen molar-refractivity contribution in [2.45, 2.75) is 6.36 Å². The van der Waals surface area contributed by atoms with Crippen LogP contribution in [-0.4, -0.2) is 13.6 Å². The van der Waals surface area contributed by atoms with Crippen molar-refractivity contribution in [2.24, 2.45) is 0 Å². The van der Waals surface area contributed by atoms with E-state index in [4.69, 9.17) is 5.39 Å². The molecule has 1 aromatic rings. The number of benzene rings is 1. The van der Waals surface area contributed by atoms with E-state index in [2.05, 4.69) is 9.71 Å². The summed E-state index contributed by atoms with van der Waals surface area (Å²) in [6, 6.07) is 3.50. The molecule has 0 N–H and O–H groups in total. The van der Waals surface area contributed by atoms with Crippen LogP contribution in [0.3, 0.4) is 0 Å². The third-order valence-corrected chi connectivity index (χ3v) is 2.17. The fourth-order valence-electron chi connectivity index (χ4n) is 0.766. The minimum Gasteiger partial charge on any atom is -0.418 e. The summed E-state index contributed by atoms with van der Waals surface area (Å²) in [5.41, 5.74) is 0.0346. The Labute approximate surface area is 115 Å². The molecule has 0 atom stereocenters. The number of halogens is 8. The highest BCUT2D eigenvalue weighted by Gasteiger charge is 2.32. The topological polar surface area (TPSA) is 37.4 Å². The Kier molecular flexibility index (Phi) is 6.33. The molecule has 0 amide bonds. The average molecular weight is 402 g/mol. The number of hydrogen-bond donors (Lipinski definition) is 0. The Morgan fingerprint density at radius 3 is 2.00 bits per heavy atom. The third kappa shape index (κ3) is 10.4. The fourth-order valence-corrected chi connectivity index (χ4v) is 1.21. The van der Waals surface area contributed by atoms with Crippen molar-refractivity contribution in [3.63, 3.8) is 0 Å². The molecule has 0 saturated carbocycles.